The van der Waals surface area contributed by atoms with Gasteiger partial charge in [0.25, 0.3) is 5.69 Å². The Morgan fingerprint density at radius 2 is 1.68 bits per heavy atom. The van der Waals surface area contributed by atoms with Crippen molar-refractivity contribution in [1.82, 2.24) is 0 Å². The number of nitrogens with zero attached hydrogens (tertiary/aromatic N) is 4. The molecule has 0 amide bonds. The van der Waals surface area contributed by atoms with E-state index in [-0.39, 0.29) is 28.4 Å². The maximum Gasteiger partial charge on any atom is 0.271 e. The number of phenols is 3. The van der Waals surface area contributed by atoms with Gasteiger partial charge in [-0.25, -0.2) is 0 Å². The molecule has 9 heteroatoms. The lowest BCUT2D eigenvalue weighted by Gasteiger charge is -2.02. The number of phenolic OH excluding ortho intramolecular Hbond substituents is 3. The minimum absolute atomic E-state index is 0.139. The molecule has 3 N–H and O–H groups in total. The van der Waals surface area contributed by atoms with Crippen LogP contribution in [0.4, 0.5) is 17.1 Å². The van der Waals surface area contributed by atoms with Gasteiger partial charge in [0.1, 0.15) is 34.5 Å². The highest BCUT2D eigenvalue weighted by atomic mass is 16.6. The fraction of sp³-hybridized carbons (Fsp3) is 0. The summed E-state index contributed by atoms with van der Waals surface area (Å²) < 4.78 is 0. The molecule has 0 aliphatic heterocycles. The van der Waals surface area contributed by atoms with E-state index in [9.17, 15) is 25.4 Å². The topological polar surface area (TPSA) is 152 Å². The van der Waals surface area contributed by atoms with Crippen molar-refractivity contribution in [2.75, 3.05) is 0 Å². The largest absolute Gasteiger partial charge is 0.506 e. The first-order valence-corrected chi connectivity index (χ1v) is 5.78. The molecular weight excluding hydrogens is 292 g/mol. The summed E-state index contributed by atoms with van der Waals surface area (Å²) in [5, 5.41) is 55.4. The smallest absolute Gasteiger partial charge is 0.271 e. The Hall–Kier alpha value is -3.67. The fourth-order valence-corrected chi connectivity index (χ4v) is 1.57. The van der Waals surface area contributed by atoms with Gasteiger partial charge in [-0.15, -0.1) is 10.2 Å². The monoisotopic (exact) mass is 300 g/mol. The van der Waals surface area contributed by atoms with Crippen LogP contribution in [0.3, 0.4) is 0 Å². The van der Waals surface area contributed by atoms with Gasteiger partial charge in [0.2, 0.25) is 0 Å². The summed E-state index contributed by atoms with van der Waals surface area (Å²) in [6.07, 6.45) is 0. The van der Waals surface area contributed by atoms with Crippen molar-refractivity contribution in [3.63, 3.8) is 0 Å². The predicted octanol–water partition coefficient (Wildman–Crippen LogP) is 3.00. The highest BCUT2D eigenvalue weighted by Crippen LogP contribution is 2.37. The average Bonchev–Trinajstić information content (AvgIpc) is 2.48. The van der Waals surface area contributed by atoms with Gasteiger partial charge in [0, 0.05) is 12.1 Å². The molecule has 22 heavy (non-hydrogen) atoms. The molecule has 0 atom stereocenters. The van der Waals surface area contributed by atoms with Gasteiger partial charge in [0.15, 0.2) is 5.75 Å². The van der Waals surface area contributed by atoms with Crippen LogP contribution in [-0.2, 0) is 0 Å². The van der Waals surface area contributed by atoms with Crippen molar-refractivity contribution < 1.29 is 20.2 Å². The van der Waals surface area contributed by atoms with Crippen molar-refractivity contribution in [1.29, 1.82) is 5.26 Å². The number of nitro groups is 1. The number of benzene rings is 2. The van der Waals surface area contributed by atoms with Crippen LogP contribution in [0.15, 0.2) is 40.6 Å². The molecular formula is C13H8N4O5. The summed E-state index contributed by atoms with van der Waals surface area (Å²) in [6, 6.07) is 7.12. The summed E-state index contributed by atoms with van der Waals surface area (Å²) in [4.78, 5) is 10.00. The van der Waals surface area contributed by atoms with E-state index in [2.05, 4.69) is 10.2 Å². The molecule has 0 radical (unpaired) electrons. The number of nitriles is 1. The van der Waals surface area contributed by atoms with Gasteiger partial charge in [-0.1, -0.05) is 0 Å². The van der Waals surface area contributed by atoms with Crippen LogP contribution in [0, 0.1) is 21.4 Å². The summed E-state index contributed by atoms with van der Waals surface area (Å²) in [7, 11) is 0. The number of rotatable bonds is 3. The highest BCUT2D eigenvalue weighted by molar-refractivity contribution is 5.64. The number of aromatic hydroxyl groups is 3. The SMILES string of the molecule is N#Cc1c(O)ccc(N=Nc2cc([N+](=O)[O-])ccc2O)c1O. The second kappa shape index (κ2) is 5.76. The minimum Gasteiger partial charge on any atom is -0.506 e. The van der Waals surface area contributed by atoms with Crippen molar-refractivity contribution in [3.05, 3.63) is 46.0 Å². The highest BCUT2D eigenvalue weighted by Gasteiger charge is 2.13. The molecule has 9 nitrogen and oxygen atoms in total. The van der Waals surface area contributed by atoms with Gasteiger partial charge in [0.05, 0.1) is 4.92 Å². The molecule has 2 aromatic rings. The molecule has 0 saturated carbocycles. The molecule has 0 heterocycles. The van der Waals surface area contributed by atoms with Crippen LogP contribution < -0.4 is 0 Å². The average molecular weight is 300 g/mol. The Bertz CT molecular complexity index is 826. The van der Waals surface area contributed by atoms with Gasteiger partial charge >= 0.3 is 0 Å². The molecule has 0 spiro atoms. The van der Waals surface area contributed by atoms with Crippen LogP contribution in [0.25, 0.3) is 0 Å². The van der Waals surface area contributed by atoms with Crippen LogP contribution in [0.2, 0.25) is 0 Å². The Labute approximate surface area is 123 Å². The zero-order chi connectivity index (χ0) is 16.3. The zero-order valence-corrected chi connectivity index (χ0v) is 10.8. The number of hydrogen-bond acceptors (Lipinski definition) is 8. The normalized spacial score (nSPS) is 10.5. The fourth-order valence-electron chi connectivity index (χ4n) is 1.57. The molecule has 0 unspecified atom stereocenters. The van der Waals surface area contributed by atoms with E-state index in [0.717, 1.165) is 24.3 Å². The molecule has 110 valence electrons. The molecule has 0 saturated heterocycles. The van der Waals surface area contributed by atoms with Gasteiger partial charge in [-0.05, 0) is 18.2 Å². The van der Waals surface area contributed by atoms with E-state index >= 15 is 0 Å². The summed E-state index contributed by atoms with van der Waals surface area (Å²) >= 11 is 0. The van der Waals surface area contributed by atoms with Crippen LogP contribution >= 0.6 is 0 Å². The third-order valence-electron chi connectivity index (χ3n) is 2.68. The second-order valence-electron chi connectivity index (χ2n) is 4.07. The molecule has 0 aromatic heterocycles. The Morgan fingerprint density at radius 1 is 1.05 bits per heavy atom. The molecule has 0 aliphatic rings. The predicted molar refractivity (Wildman–Crippen MR) is 73.4 cm³/mol. The van der Waals surface area contributed by atoms with Gasteiger partial charge < -0.3 is 15.3 Å². The Kier molecular flexibility index (Phi) is 3.86. The Balaban J connectivity index is 2.44. The zero-order valence-electron chi connectivity index (χ0n) is 10.8. The number of non-ortho nitro benzene ring substituents is 1. The van der Waals surface area contributed by atoms with Gasteiger partial charge in [-0.2, -0.15) is 5.26 Å². The van der Waals surface area contributed by atoms with Crippen molar-refractivity contribution in [2.24, 2.45) is 10.2 Å². The van der Waals surface area contributed by atoms with Gasteiger partial charge in [-0.3, -0.25) is 10.1 Å². The number of azo groups is 1. The lowest BCUT2D eigenvalue weighted by molar-refractivity contribution is -0.384. The van der Waals surface area contributed by atoms with E-state index in [1.54, 1.807) is 6.07 Å². The number of hydrogen-bond donors (Lipinski definition) is 3. The van der Waals surface area contributed by atoms with Crippen molar-refractivity contribution in [3.8, 4) is 23.3 Å². The van der Waals surface area contributed by atoms with Crippen LogP contribution in [-0.4, -0.2) is 20.2 Å². The van der Waals surface area contributed by atoms with E-state index in [0.29, 0.717) is 0 Å². The maximum atomic E-state index is 10.7. The Morgan fingerprint density at radius 3 is 2.32 bits per heavy atom. The summed E-state index contributed by atoms with van der Waals surface area (Å²) in [5.41, 5.74) is -0.987. The minimum atomic E-state index is -0.662. The third-order valence-corrected chi connectivity index (χ3v) is 2.68. The van der Waals surface area contributed by atoms with Crippen molar-refractivity contribution >= 4 is 17.1 Å². The standard InChI is InChI=1S/C13H8N4O5/c14-6-8-11(18)4-2-9(13(8)20)15-16-10-5-7(17(21)22)1-3-12(10)19/h1-5,18-20H. The summed E-state index contributed by atoms with van der Waals surface area (Å²) in [6.45, 7) is 0. The second-order valence-corrected chi connectivity index (χ2v) is 4.07. The van der Waals surface area contributed by atoms with E-state index in [1.165, 1.54) is 6.07 Å². The first kappa shape index (κ1) is 14.7. The van der Waals surface area contributed by atoms with E-state index in [1.807, 2.05) is 0 Å². The third kappa shape index (κ3) is 2.75. The molecule has 2 rings (SSSR count). The van der Waals surface area contributed by atoms with Crippen LogP contribution in [0.5, 0.6) is 17.2 Å². The summed E-state index contributed by atoms with van der Waals surface area (Å²) in [5.74, 6) is -1.35. The van der Waals surface area contributed by atoms with Crippen molar-refractivity contribution in [2.45, 2.75) is 0 Å². The molecule has 0 fully saturated rings. The first-order chi connectivity index (χ1) is 10.4. The van der Waals surface area contributed by atoms with E-state index in [4.69, 9.17) is 5.26 Å². The van der Waals surface area contributed by atoms with E-state index < -0.39 is 16.4 Å². The molecule has 2 aromatic carbocycles. The quantitative estimate of drug-likeness (QED) is 0.450. The lowest BCUT2D eigenvalue weighted by atomic mass is 10.1. The first-order valence-electron chi connectivity index (χ1n) is 5.78. The lowest BCUT2D eigenvalue weighted by Crippen LogP contribution is -1.86. The van der Waals surface area contributed by atoms with Crippen LogP contribution in [0.1, 0.15) is 5.56 Å². The molecule has 0 aliphatic carbocycles. The molecule has 0 bridgehead atoms. The maximum absolute atomic E-state index is 10.7. The number of nitro benzene ring substituents is 1.